The van der Waals surface area contributed by atoms with Gasteiger partial charge in [-0.05, 0) is 6.42 Å². The van der Waals surface area contributed by atoms with E-state index in [1.54, 1.807) is 11.9 Å². The zero-order valence-corrected chi connectivity index (χ0v) is 8.97. The van der Waals surface area contributed by atoms with Crippen LogP contribution in [0.25, 0.3) is 0 Å². The normalized spacial score (nSPS) is 32.7. The predicted molar refractivity (Wildman–Crippen MR) is 53.4 cm³/mol. The minimum absolute atomic E-state index is 0.0101. The van der Waals surface area contributed by atoms with Crippen LogP contribution in [0.1, 0.15) is 12.8 Å². The van der Waals surface area contributed by atoms with Crippen LogP contribution >= 0.6 is 0 Å². The molecular formula is C10H14N2O4. The highest BCUT2D eigenvalue weighted by molar-refractivity contribution is 5.90. The number of rotatable bonds is 3. The summed E-state index contributed by atoms with van der Waals surface area (Å²) < 4.78 is 0. The SMILES string of the molecule is CN1CC(NC(=O)C2CC2C(=O)O)CC1=O. The van der Waals surface area contributed by atoms with E-state index in [1.165, 1.54) is 0 Å². The molecule has 2 N–H and O–H groups in total. The Hall–Kier alpha value is -1.59. The summed E-state index contributed by atoms with van der Waals surface area (Å²) in [6.07, 6.45) is 0.727. The molecule has 2 amide bonds. The van der Waals surface area contributed by atoms with E-state index in [2.05, 4.69) is 5.32 Å². The minimum atomic E-state index is -0.917. The number of amides is 2. The van der Waals surface area contributed by atoms with Crippen LogP contribution in [0.4, 0.5) is 0 Å². The van der Waals surface area contributed by atoms with Crippen molar-refractivity contribution in [2.24, 2.45) is 11.8 Å². The van der Waals surface area contributed by atoms with Gasteiger partial charge in [0.05, 0.1) is 17.9 Å². The van der Waals surface area contributed by atoms with E-state index in [9.17, 15) is 14.4 Å². The van der Waals surface area contributed by atoms with Gasteiger partial charge in [-0.1, -0.05) is 0 Å². The monoisotopic (exact) mass is 226 g/mol. The molecule has 88 valence electrons. The third kappa shape index (κ3) is 2.00. The van der Waals surface area contributed by atoms with Crippen molar-refractivity contribution in [3.63, 3.8) is 0 Å². The Balaban J connectivity index is 1.81. The number of hydrogen-bond donors (Lipinski definition) is 2. The Labute approximate surface area is 92.6 Å². The summed E-state index contributed by atoms with van der Waals surface area (Å²) in [6, 6.07) is -0.167. The first-order chi connectivity index (χ1) is 7.49. The number of hydrogen-bond acceptors (Lipinski definition) is 3. The smallest absolute Gasteiger partial charge is 0.307 e. The molecule has 0 radical (unpaired) electrons. The standard InChI is InChI=1S/C10H14N2O4/c1-12-4-5(2-8(12)13)11-9(14)6-3-7(6)10(15)16/h5-7H,2-4H2,1H3,(H,11,14)(H,15,16). The second-order valence-corrected chi connectivity index (χ2v) is 4.47. The molecule has 0 aromatic rings. The van der Waals surface area contributed by atoms with Gasteiger partial charge in [0.15, 0.2) is 0 Å². The second-order valence-electron chi connectivity index (χ2n) is 4.47. The van der Waals surface area contributed by atoms with Gasteiger partial charge < -0.3 is 15.3 Å². The number of carbonyl (C=O) groups is 3. The zero-order chi connectivity index (χ0) is 11.9. The fraction of sp³-hybridized carbons (Fsp3) is 0.700. The molecule has 1 heterocycles. The molecule has 0 aromatic carbocycles. The number of likely N-dealkylation sites (N-methyl/N-ethyl adjacent to an activating group) is 1. The molecule has 6 heteroatoms. The van der Waals surface area contributed by atoms with Crippen LogP contribution < -0.4 is 5.32 Å². The van der Waals surface area contributed by atoms with Gasteiger partial charge in [0.25, 0.3) is 0 Å². The molecule has 3 atom stereocenters. The second kappa shape index (κ2) is 3.77. The lowest BCUT2D eigenvalue weighted by atomic mass is 10.2. The van der Waals surface area contributed by atoms with E-state index < -0.39 is 17.8 Å². The van der Waals surface area contributed by atoms with E-state index in [4.69, 9.17) is 5.11 Å². The topological polar surface area (TPSA) is 86.7 Å². The van der Waals surface area contributed by atoms with Gasteiger partial charge in [-0.25, -0.2) is 0 Å². The number of carboxylic acid groups (broad SMARTS) is 1. The summed E-state index contributed by atoms with van der Waals surface area (Å²) in [5.74, 6) is -2.08. The summed E-state index contributed by atoms with van der Waals surface area (Å²) in [5, 5.41) is 11.4. The zero-order valence-electron chi connectivity index (χ0n) is 8.97. The van der Waals surface area contributed by atoms with Gasteiger partial charge in [-0.15, -0.1) is 0 Å². The number of likely N-dealkylation sites (tertiary alicyclic amines) is 1. The molecule has 6 nitrogen and oxygen atoms in total. The van der Waals surface area contributed by atoms with E-state index in [0.29, 0.717) is 19.4 Å². The van der Waals surface area contributed by atoms with Gasteiger partial charge in [0.2, 0.25) is 11.8 Å². The Bertz CT molecular complexity index is 355. The lowest BCUT2D eigenvalue weighted by Crippen LogP contribution is -2.38. The van der Waals surface area contributed by atoms with Crippen molar-refractivity contribution in [1.82, 2.24) is 10.2 Å². The summed E-state index contributed by atoms with van der Waals surface area (Å²) in [7, 11) is 1.69. The summed E-state index contributed by atoms with van der Waals surface area (Å²) >= 11 is 0. The maximum absolute atomic E-state index is 11.6. The molecule has 2 aliphatic rings. The van der Waals surface area contributed by atoms with Crippen LogP contribution in [0.15, 0.2) is 0 Å². The highest BCUT2D eigenvalue weighted by Gasteiger charge is 2.49. The Morgan fingerprint density at radius 3 is 2.56 bits per heavy atom. The molecule has 1 saturated heterocycles. The molecular weight excluding hydrogens is 212 g/mol. The van der Waals surface area contributed by atoms with Gasteiger partial charge >= 0.3 is 5.97 Å². The quantitative estimate of drug-likeness (QED) is 0.650. The van der Waals surface area contributed by atoms with Crippen molar-refractivity contribution in [2.75, 3.05) is 13.6 Å². The van der Waals surface area contributed by atoms with Crippen molar-refractivity contribution in [2.45, 2.75) is 18.9 Å². The largest absolute Gasteiger partial charge is 0.481 e. The van der Waals surface area contributed by atoms with Gasteiger partial charge in [0, 0.05) is 20.0 Å². The third-order valence-corrected chi connectivity index (χ3v) is 3.13. The fourth-order valence-electron chi connectivity index (χ4n) is 2.03. The first-order valence-electron chi connectivity index (χ1n) is 5.26. The Kier molecular flexibility index (Phi) is 2.57. The molecule has 1 aliphatic carbocycles. The van der Waals surface area contributed by atoms with Gasteiger partial charge in [0.1, 0.15) is 0 Å². The average molecular weight is 226 g/mol. The number of carboxylic acids is 1. The Morgan fingerprint density at radius 2 is 2.12 bits per heavy atom. The lowest BCUT2D eigenvalue weighted by Gasteiger charge is -2.11. The summed E-state index contributed by atoms with van der Waals surface area (Å²) in [5.41, 5.74) is 0. The number of nitrogens with zero attached hydrogens (tertiary/aromatic N) is 1. The van der Waals surface area contributed by atoms with Crippen molar-refractivity contribution in [1.29, 1.82) is 0 Å². The van der Waals surface area contributed by atoms with Crippen molar-refractivity contribution in [3.05, 3.63) is 0 Å². The molecule has 16 heavy (non-hydrogen) atoms. The first-order valence-corrected chi connectivity index (χ1v) is 5.26. The van der Waals surface area contributed by atoms with Crippen LogP contribution in [0.2, 0.25) is 0 Å². The van der Waals surface area contributed by atoms with Gasteiger partial charge in [-0.3, -0.25) is 14.4 Å². The summed E-state index contributed by atoms with van der Waals surface area (Å²) in [6.45, 7) is 0.509. The lowest BCUT2D eigenvalue weighted by molar-refractivity contribution is -0.140. The molecule has 0 bridgehead atoms. The number of carbonyl (C=O) groups excluding carboxylic acids is 2. The molecule has 1 saturated carbocycles. The summed E-state index contributed by atoms with van der Waals surface area (Å²) in [4.78, 5) is 34.9. The van der Waals surface area contributed by atoms with Crippen LogP contribution in [0, 0.1) is 11.8 Å². The fourth-order valence-corrected chi connectivity index (χ4v) is 2.03. The number of nitrogens with one attached hydrogen (secondary N) is 1. The van der Waals surface area contributed by atoms with Crippen molar-refractivity contribution < 1.29 is 19.5 Å². The van der Waals surface area contributed by atoms with Crippen molar-refractivity contribution >= 4 is 17.8 Å². The molecule has 0 aromatic heterocycles. The molecule has 2 rings (SSSR count). The van der Waals surface area contributed by atoms with Crippen LogP contribution in [-0.4, -0.2) is 47.4 Å². The van der Waals surface area contributed by atoms with Crippen LogP contribution in [0.3, 0.4) is 0 Å². The maximum Gasteiger partial charge on any atom is 0.307 e. The maximum atomic E-state index is 11.6. The predicted octanol–water partition coefficient (Wildman–Crippen LogP) is -0.946. The third-order valence-electron chi connectivity index (χ3n) is 3.13. The van der Waals surface area contributed by atoms with E-state index in [-0.39, 0.29) is 17.9 Å². The molecule has 3 unspecified atom stereocenters. The Morgan fingerprint density at radius 1 is 1.44 bits per heavy atom. The van der Waals surface area contributed by atoms with Gasteiger partial charge in [-0.2, -0.15) is 0 Å². The first kappa shape index (κ1) is 10.9. The van der Waals surface area contributed by atoms with Crippen LogP contribution in [-0.2, 0) is 14.4 Å². The van der Waals surface area contributed by atoms with E-state index >= 15 is 0 Å². The molecule has 0 spiro atoms. The molecule has 2 fully saturated rings. The number of aliphatic carboxylic acids is 1. The van der Waals surface area contributed by atoms with Crippen LogP contribution in [0.5, 0.6) is 0 Å². The van der Waals surface area contributed by atoms with Crippen molar-refractivity contribution in [3.8, 4) is 0 Å². The van der Waals surface area contributed by atoms with E-state index in [0.717, 1.165) is 0 Å². The molecule has 1 aliphatic heterocycles. The minimum Gasteiger partial charge on any atom is -0.481 e. The average Bonchev–Trinajstić information content (AvgIpc) is 2.91. The van der Waals surface area contributed by atoms with E-state index in [1.807, 2.05) is 0 Å². The highest BCUT2D eigenvalue weighted by atomic mass is 16.4. The highest BCUT2D eigenvalue weighted by Crippen LogP contribution is 2.38.